The number of ether oxygens (including phenoxy) is 1. The largest absolute Gasteiger partial charge is 0.419 e. The molecular weight excluding hydrogens is 472 g/mol. The maximum atomic E-state index is 12.4. The first-order chi connectivity index (χ1) is 15.4. The van der Waals surface area contributed by atoms with Gasteiger partial charge in [-0.2, -0.15) is 0 Å². The average Bonchev–Trinajstić information content (AvgIpc) is 3.36. The summed E-state index contributed by atoms with van der Waals surface area (Å²) in [6.45, 7) is 0.238. The highest BCUT2D eigenvalue weighted by Crippen LogP contribution is 2.30. The van der Waals surface area contributed by atoms with Crippen molar-refractivity contribution in [3.8, 4) is 5.75 Å². The number of benzene rings is 2. The van der Waals surface area contributed by atoms with Crippen LogP contribution in [0.4, 0.5) is 16.3 Å². The number of fused-ring (bicyclic) bond motifs is 1. The van der Waals surface area contributed by atoms with Crippen molar-refractivity contribution in [3.05, 3.63) is 76.9 Å². The van der Waals surface area contributed by atoms with Crippen LogP contribution in [0.3, 0.4) is 0 Å². The van der Waals surface area contributed by atoms with Crippen LogP contribution in [0.1, 0.15) is 5.56 Å². The summed E-state index contributed by atoms with van der Waals surface area (Å²) in [7, 11) is 1.64. The highest BCUT2D eigenvalue weighted by atomic mass is 35.5. The zero-order chi connectivity index (χ0) is 22.7. The van der Waals surface area contributed by atoms with Crippen LogP contribution in [-0.2, 0) is 17.7 Å². The number of hydrogen-bond donors (Lipinski definition) is 1. The lowest BCUT2D eigenvalue weighted by molar-refractivity contribution is 0.209. The first-order valence-electron chi connectivity index (χ1n) is 9.53. The Balaban J connectivity index is 1.41. The number of rotatable bonds is 7. The summed E-state index contributed by atoms with van der Waals surface area (Å²) in [6.07, 6.45) is 1.72. The molecule has 2 heterocycles. The minimum atomic E-state index is -2.27. The van der Waals surface area contributed by atoms with Crippen LogP contribution in [0.15, 0.2) is 66.2 Å². The quantitative estimate of drug-likeness (QED) is 0.373. The Kier molecular flexibility index (Phi) is 6.75. The highest BCUT2D eigenvalue weighted by Gasteiger charge is 2.22. The Hall–Kier alpha value is -2.92. The average molecular weight is 491 g/mol. The zero-order valence-electron chi connectivity index (χ0n) is 16.9. The molecule has 0 bridgehead atoms. The van der Waals surface area contributed by atoms with Crippen molar-refractivity contribution >= 4 is 56.8 Å². The molecule has 1 N–H and O–H groups in total. The number of imidazole rings is 1. The molecule has 0 aliphatic rings. The van der Waals surface area contributed by atoms with Crippen molar-refractivity contribution < 1.29 is 18.3 Å². The molecule has 166 valence electrons. The van der Waals surface area contributed by atoms with E-state index >= 15 is 0 Å². The van der Waals surface area contributed by atoms with Crippen LogP contribution in [0, 0.1) is 0 Å². The van der Waals surface area contributed by atoms with Crippen LogP contribution in [-0.4, -0.2) is 37.8 Å². The topological polar surface area (TPSA) is 87.4 Å². The molecule has 2 aromatic carbocycles. The van der Waals surface area contributed by atoms with Crippen LogP contribution in [0.5, 0.6) is 5.75 Å². The summed E-state index contributed by atoms with van der Waals surface area (Å²) in [4.78, 5) is 18.6. The van der Waals surface area contributed by atoms with Crippen molar-refractivity contribution in [1.29, 1.82) is 0 Å². The molecule has 1 amide bonds. The van der Waals surface area contributed by atoms with Crippen molar-refractivity contribution in [1.82, 2.24) is 9.38 Å². The van der Waals surface area contributed by atoms with Gasteiger partial charge >= 0.3 is 6.09 Å². The number of para-hydroxylation sites is 1. The third-order valence-corrected chi connectivity index (χ3v) is 6.51. The summed E-state index contributed by atoms with van der Waals surface area (Å²) in [5.41, 5.74) is 1.63. The number of nitrogens with zero attached hydrogens (tertiary/aromatic N) is 4. The first kappa shape index (κ1) is 22.3. The van der Waals surface area contributed by atoms with Gasteiger partial charge in [0.1, 0.15) is 5.75 Å². The number of amides is 1. The molecule has 0 fully saturated rings. The van der Waals surface area contributed by atoms with Gasteiger partial charge in [0, 0.05) is 30.9 Å². The maximum absolute atomic E-state index is 12.4. The third-order valence-electron chi connectivity index (χ3n) is 4.77. The molecule has 1 atom stereocenters. The molecular formula is C21H19ClN4O4S2. The lowest BCUT2D eigenvalue weighted by Crippen LogP contribution is -2.29. The fourth-order valence-electron chi connectivity index (χ4n) is 3.11. The molecule has 0 saturated carbocycles. The normalized spacial score (nSPS) is 12.0. The van der Waals surface area contributed by atoms with Crippen LogP contribution in [0.2, 0.25) is 5.15 Å². The fraction of sp³-hybridized carbons (Fsp3) is 0.143. The van der Waals surface area contributed by atoms with E-state index in [9.17, 15) is 13.6 Å². The maximum Gasteiger partial charge on any atom is 0.419 e. The molecule has 4 aromatic rings. The molecule has 0 saturated heterocycles. The van der Waals surface area contributed by atoms with E-state index in [0.717, 1.165) is 11.3 Å². The van der Waals surface area contributed by atoms with Gasteiger partial charge < -0.3 is 4.74 Å². The number of carbonyl (C=O) groups is 1. The highest BCUT2D eigenvalue weighted by molar-refractivity contribution is 7.80. The second kappa shape index (κ2) is 9.70. The van der Waals surface area contributed by atoms with Crippen molar-refractivity contribution in [2.24, 2.45) is 0 Å². The summed E-state index contributed by atoms with van der Waals surface area (Å²) in [5, 5.41) is 2.00. The number of thiazole rings is 1. The predicted octanol–water partition coefficient (Wildman–Crippen LogP) is 4.87. The van der Waals surface area contributed by atoms with E-state index in [1.807, 2.05) is 47.8 Å². The fourth-order valence-corrected chi connectivity index (χ4v) is 4.76. The molecule has 2 aromatic heterocycles. The Labute approximate surface area is 196 Å². The summed E-state index contributed by atoms with van der Waals surface area (Å²) in [6, 6.07) is 16.2. The number of hydrogen-bond acceptors (Lipinski definition) is 5. The van der Waals surface area contributed by atoms with Crippen LogP contribution in [0.25, 0.3) is 4.96 Å². The van der Waals surface area contributed by atoms with Gasteiger partial charge in [0.2, 0.25) is 0 Å². The Bertz CT molecular complexity index is 1240. The Morgan fingerprint density at radius 1 is 1.22 bits per heavy atom. The van der Waals surface area contributed by atoms with E-state index in [0.29, 0.717) is 22.9 Å². The molecule has 11 heteroatoms. The molecule has 32 heavy (non-hydrogen) atoms. The number of anilines is 2. The van der Waals surface area contributed by atoms with E-state index in [1.165, 1.54) is 20.5 Å². The molecule has 1 unspecified atom stereocenters. The number of halogens is 1. The molecule has 0 radical (unpaired) electrons. The van der Waals surface area contributed by atoms with E-state index in [4.69, 9.17) is 16.3 Å². The van der Waals surface area contributed by atoms with Gasteiger partial charge in [0.05, 0.1) is 0 Å². The van der Waals surface area contributed by atoms with E-state index in [-0.39, 0.29) is 11.7 Å². The first-order valence-corrected chi connectivity index (χ1v) is 11.9. The van der Waals surface area contributed by atoms with Gasteiger partial charge in [-0.15, -0.1) is 11.3 Å². The van der Waals surface area contributed by atoms with E-state index in [2.05, 4.69) is 4.98 Å². The number of aromatic nitrogens is 2. The minimum absolute atomic E-state index is 0.170. The molecule has 0 aliphatic heterocycles. The van der Waals surface area contributed by atoms with Gasteiger partial charge in [-0.3, -0.25) is 18.2 Å². The molecule has 8 nitrogen and oxygen atoms in total. The van der Waals surface area contributed by atoms with Gasteiger partial charge in [-0.1, -0.05) is 41.9 Å². The third kappa shape index (κ3) is 4.78. The van der Waals surface area contributed by atoms with Crippen molar-refractivity contribution in [3.63, 3.8) is 0 Å². The summed E-state index contributed by atoms with van der Waals surface area (Å²) < 4.78 is 30.2. The van der Waals surface area contributed by atoms with Crippen LogP contribution >= 0.6 is 22.9 Å². The second-order valence-electron chi connectivity index (χ2n) is 6.77. The molecule has 0 spiro atoms. The lowest BCUT2D eigenvalue weighted by atomic mass is 10.1. The van der Waals surface area contributed by atoms with E-state index in [1.54, 1.807) is 29.8 Å². The summed E-state index contributed by atoms with van der Waals surface area (Å²) >= 11 is 5.32. The smallest absolute Gasteiger partial charge is 0.410 e. The van der Waals surface area contributed by atoms with Crippen LogP contribution < -0.4 is 13.9 Å². The van der Waals surface area contributed by atoms with Crippen molar-refractivity contribution in [2.75, 3.05) is 22.8 Å². The molecule has 4 rings (SSSR count). The SMILES string of the molecule is CN(C(=O)Oc1ccc(CCN(c2c(Cl)nc3sccn23)S(=O)O)cc1)c1ccccc1. The van der Waals surface area contributed by atoms with Gasteiger partial charge in [0.25, 0.3) is 11.3 Å². The second-order valence-corrected chi connectivity index (χ2v) is 8.90. The minimum Gasteiger partial charge on any atom is -0.410 e. The van der Waals surface area contributed by atoms with Gasteiger partial charge in [-0.25, -0.2) is 14.0 Å². The summed E-state index contributed by atoms with van der Waals surface area (Å²) in [5.74, 6) is 0.779. The standard InChI is InChI=1S/C21H19ClN4O4S2/c1-24(16-5-3-2-4-6-16)21(27)30-17-9-7-15(8-10-17)11-12-26(32(28)29)19-18(22)23-20-25(19)13-14-31-20/h2-10,13-14H,11-12H2,1H3,(H,28,29). The zero-order valence-corrected chi connectivity index (χ0v) is 19.3. The Morgan fingerprint density at radius 3 is 2.62 bits per heavy atom. The predicted molar refractivity (Wildman–Crippen MR) is 127 cm³/mol. The van der Waals surface area contributed by atoms with Gasteiger partial charge in [-0.05, 0) is 36.2 Å². The molecule has 0 aliphatic carbocycles. The number of carbonyl (C=O) groups excluding carboxylic acids is 1. The van der Waals surface area contributed by atoms with Gasteiger partial charge in [0.15, 0.2) is 15.9 Å². The van der Waals surface area contributed by atoms with E-state index < -0.39 is 17.4 Å². The van der Waals surface area contributed by atoms with Crippen molar-refractivity contribution in [2.45, 2.75) is 6.42 Å². The Morgan fingerprint density at radius 2 is 1.94 bits per heavy atom. The lowest BCUT2D eigenvalue weighted by Gasteiger charge is -2.19. The monoisotopic (exact) mass is 490 g/mol.